The SMILES string of the molecule is COC(=O)C/C=C/c1ccc2ccc3cccc4ccc1c2c34. The third kappa shape index (κ3) is 2.23. The van der Waals surface area contributed by atoms with Gasteiger partial charge in [-0.2, -0.15) is 0 Å². The van der Waals surface area contributed by atoms with Gasteiger partial charge in [-0.25, -0.2) is 0 Å². The molecule has 0 spiro atoms. The largest absolute Gasteiger partial charge is 0.469 e. The van der Waals surface area contributed by atoms with Crippen molar-refractivity contribution in [3.8, 4) is 0 Å². The lowest BCUT2D eigenvalue weighted by Gasteiger charge is -2.12. The predicted octanol–water partition coefficient (Wildman–Crippen LogP) is 5.16. The Hall–Kier alpha value is -2.87. The fraction of sp³-hybridized carbons (Fsp3) is 0.0952. The summed E-state index contributed by atoms with van der Waals surface area (Å²) in [6.45, 7) is 0. The molecular weight excluding hydrogens is 284 g/mol. The summed E-state index contributed by atoms with van der Waals surface area (Å²) < 4.78 is 4.68. The number of rotatable bonds is 3. The van der Waals surface area contributed by atoms with Crippen LogP contribution in [0.1, 0.15) is 12.0 Å². The predicted molar refractivity (Wildman–Crippen MR) is 95.8 cm³/mol. The third-order valence-corrected chi connectivity index (χ3v) is 4.37. The number of hydrogen-bond donors (Lipinski definition) is 0. The fourth-order valence-corrected chi connectivity index (χ4v) is 3.27. The molecule has 0 heterocycles. The maximum atomic E-state index is 11.3. The molecule has 0 amide bonds. The molecule has 0 saturated carbocycles. The molecule has 0 radical (unpaired) electrons. The van der Waals surface area contributed by atoms with Crippen molar-refractivity contribution in [2.24, 2.45) is 0 Å². The van der Waals surface area contributed by atoms with Crippen LogP contribution in [0, 0.1) is 0 Å². The second-order valence-electron chi connectivity index (χ2n) is 5.69. The van der Waals surface area contributed by atoms with Crippen molar-refractivity contribution in [3.05, 3.63) is 66.2 Å². The van der Waals surface area contributed by atoms with Gasteiger partial charge in [0, 0.05) is 0 Å². The van der Waals surface area contributed by atoms with E-state index in [4.69, 9.17) is 0 Å². The summed E-state index contributed by atoms with van der Waals surface area (Å²) in [6, 6.07) is 19.3. The standard InChI is InChI=1S/C21H16O2/c1-23-19(22)7-3-4-14-8-9-17-11-10-15-5-2-6-16-12-13-18(14)21(17)20(15)16/h2-6,8-13H,7H2,1H3/b4-3+. The summed E-state index contributed by atoms with van der Waals surface area (Å²) in [5.74, 6) is -0.223. The quantitative estimate of drug-likeness (QED) is 0.386. The normalized spacial score (nSPS) is 11.9. The van der Waals surface area contributed by atoms with Crippen molar-refractivity contribution >= 4 is 44.4 Å². The topological polar surface area (TPSA) is 26.3 Å². The highest BCUT2D eigenvalue weighted by Gasteiger charge is 2.09. The Bertz CT molecular complexity index is 1030. The maximum absolute atomic E-state index is 11.3. The molecule has 0 fully saturated rings. The van der Waals surface area contributed by atoms with Crippen molar-refractivity contribution < 1.29 is 9.53 Å². The van der Waals surface area contributed by atoms with Gasteiger partial charge in [0.2, 0.25) is 0 Å². The number of esters is 1. The van der Waals surface area contributed by atoms with Gasteiger partial charge in [0.25, 0.3) is 0 Å². The molecule has 0 unspecified atom stereocenters. The van der Waals surface area contributed by atoms with Gasteiger partial charge in [-0.3, -0.25) is 4.79 Å². The van der Waals surface area contributed by atoms with Gasteiger partial charge in [-0.1, -0.05) is 66.7 Å². The molecule has 4 aromatic rings. The molecule has 0 aromatic heterocycles. The second-order valence-corrected chi connectivity index (χ2v) is 5.69. The van der Waals surface area contributed by atoms with E-state index in [-0.39, 0.29) is 5.97 Å². The van der Waals surface area contributed by atoms with E-state index in [1.54, 1.807) is 0 Å². The first-order valence-corrected chi connectivity index (χ1v) is 7.68. The Morgan fingerprint density at radius 3 is 2.30 bits per heavy atom. The minimum atomic E-state index is -0.223. The summed E-state index contributed by atoms with van der Waals surface area (Å²) in [6.07, 6.45) is 4.15. The summed E-state index contributed by atoms with van der Waals surface area (Å²) in [5, 5.41) is 7.58. The van der Waals surface area contributed by atoms with Crippen LogP contribution in [0.15, 0.2) is 60.7 Å². The summed E-state index contributed by atoms with van der Waals surface area (Å²) >= 11 is 0. The lowest BCUT2D eigenvalue weighted by Crippen LogP contribution is -1.96. The highest BCUT2D eigenvalue weighted by Crippen LogP contribution is 2.36. The first kappa shape index (κ1) is 13.8. The van der Waals surface area contributed by atoms with E-state index in [9.17, 15) is 4.79 Å². The number of carbonyl (C=O) groups is 1. The van der Waals surface area contributed by atoms with Crippen LogP contribution in [0.4, 0.5) is 0 Å². The molecule has 2 nitrogen and oxygen atoms in total. The first-order chi connectivity index (χ1) is 11.3. The highest BCUT2D eigenvalue weighted by molar-refractivity contribution is 6.24. The summed E-state index contributed by atoms with van der Waals surface area (Å²) in [4.78, 5) is 11.3. The van der Waals surface area contributed by atoms with Gasteiger partial charge in [0.1, 0.15) is 0 Å². The van der Waals surface area contributed by atoms with Gasteiger partial charge in [-0.05, 0) is 37.9 Å². The number of hydrogen-bond acceptors (Lipinski definition) is 2. The van der Waals surface area contributed by atoms with E-state index in [1.165, 1.54) is 39.4 Å². The van der Waals surface area contributed by atoms with Gasteiger partial charge in [-0.15, -0.1) is 0 Å². The smallest absolute Gasteiger partial charge is 0.309 e. The van der Waals surface area contributed by atoms with Crippen LogP contribution >= 0.6 is 0 Å². The molecule has 4 aromatic carbocycles. The van der Waals surface area contributed by atoms with E-state index in [0.29, 0.717) is 6.42 Å². The molecule has 112 valence electrons. The van der Waals surface area contributed by atoms with Crippen molar-refractivity contribution in [2.45, 2.75) is 6.42 Å². The number of carbonyl (C=O) groups excluding carboxylic acids is 1. The molecular formula is C21H16O2. The minimum absolute atomic E-state index is 0.223. The molecule has 0 atom stereocenters. The lowest BCUT2D eigenvalue weighted by molar-refractivity contribution is -0.139. The van der Waals surface area contributed by atoms with Gasteiger partial charge >= 0.3 is 5.97 Å². The van der Waals surface area contributed by atoms with E-state index in [0.717, 1.165) is 5.56 Å². The van der Waals surface area contributed by atoms with Crippen LogP contribution in [0.3, 0.4) is 0 Å². The van der Waals surface area contributed by atoms with E-state index in [1.807, 2.05) is 12.2 Å². The number of benzene rings is 4. The second kappa shape index (κ2) is 5.40. The van der Waals surface area contributed by atoms with Crippen LogP contribution < -0.4 is 0 Å². The molecule has 0 bridgehead atoms. The molecule has 0 aliphatic carbocycles. The molecule has 0 aliphatic rings. The monoisotopic (exact) mass is 300 g/mol. The highest BCUT2D eigenvalue weighted by atomic mass is 16.5. The van der Waals surface area contributed by atoms with E-state index < -0.39 is 0 Å². The van der Waals surface area contributed by atoms with Crippen molar-refractivity contribution in [1.82, 2.24) is 0 Å². The van der Waals surface area contributed by atoms with Crippen molar-refractivity contribution in [3.63, 3.8) is 0 Å². The Kier molecular flexibility index (Phi) is 3.23. The Morgan fingerprint density at radius 2 is 1.57 bits per heavy atom. The average Bonchev–Trinajstić information content (AvgIpc) is 2.60. The molecule has 0 aliphatic heterocycles. The minimum Gasteiger partial charge on any atom is -0.469 e. The van der Waals surface area contributed by atoms with Crippen LogP contribution in [0.25, 0.3) is 38.4 Å². The van der Waals surface area contributed by atoms with Gasteiger partial charge in [0.15, 0.2) is 0 Å². The van der Waals surface area contributed by atoms with E-state index in [2.05, 4.69) is 59.3 Å². The zero-order valence-corrected chi connectivity index (χ0v) is 12.9. The van der Waals surface area contributed by atoms with E-state index >= 15 is 0 Å². The fourth-order valence-electron chi connectivity index (χ4n) is 3.27. The Balaban J connectivity index is 1.94. The number of ether oxygens (including phenoxy) is 1. The molecule has 0 N–H and O–H groups in total. The molecule has 23 heavy (non-hydrogen) atoms. The van der Waals surface area contributed by atoms with Crippen molar-refractivity contribution in [2.75, 3.05) is 7.11 Å². The lowest BCUT2D eigenvalue weighted by atomic mass is 9.92. The summed E-state index contributed by atoms with van der Waals surface area (Å²) in [5.41, 5.74) is 1.12. The van der Waals surface area contributed by atoms with Crippen LogP contribution in [-0.4, -0.2) is 13.1 Å². The Labute approximate surface area is 134 Å². The first-order valence-electron chi connectivity index (χ1n) is 7.68. The summed E-state index contributed by atoms with van der Waals surface area (Å²) in [7, 11) is 1.41. The molecule has 4 rings (SSSR count). The maximum Gasteiger partial charge on any atom is 0.309 e. The third-order valence-electron chi connectivity index (χ3n) is 4.37. The van der Waals surface area contributed by atoms with Crippen LogP contribution in [0.2, 0.25) is 0 Å². The van der Waals surface area contributed by atoms with Crippen LogP contribution in [0.5, 0.6) is 0 Å². The number of methoxy groups -OCH3 is 1. The van der Waals surface area contributed by atoms with Gasteiger partial charge < -0.3 is 4.74 Å². The zero-order chi connectivity index (χ0) is 15.8. The zero-order valence-electron chi connectivity index (χ0n) is 12.9. The Morgan fingerprint density at radius 1 is 0.913 bits per heavy atom. The molecule has 2 heteroatoms. The van der Waals surface area contributed by atoms with Crippen LogP contribution in [-0.2, 0) is 9.53 Å². The average molecular weight is 300 g/mol. The van der Waals surface area contributed by atoms with Crippen molar-refractivity contribution in [1.29, 1.82) is 0 Å². The molecule has 0 saturated heterocycles. The van der Waals surface area contributed by atoms with Gasteiger partial charge in [0.05, 0.1) is 13.5 Å².